The average Bonchev–Trinajstić information content (AvgIpc) is 3.15. The van der Waals surface area contributed by atoms with Crippen molar-refractivity contribution < 1.29 is 8.81 Å². The van der Waals surface area contributed by atoms with Crippen molar-refractivity contribution in [1.29, 1.82) is 0 Å². The third-order valence-corrected chi connectivity index (χ3v) is 4.17. The molecule has 0 aliphatic rings. The van der Waals surface area contributed by atoms with Crippen molar-refractivity contribution in [3.05, 3.63) is 76.9 Å². The van der Waals surface area contributed by atoms with Gasteiger partial charge in [-0.25, -0.2) is 9.37 Å². The maximum Gasteiger partial charge on any atom is 0.226 e. The monoisotopic (exact) mass is 386 g/mol. The molecule has 0 radical (unpaired) electrons. The minimum Gasteiger partial charge on any atom is -0.444 e. The Balaban J connectivity index is 1.47. The number of rotatable bonds is 6. The number of aliphatic imine (C=N–C) groups is 1. The van der Waals surface area contributed by atoms with E-state index in [2.05, 4.69) is 20.6 Å². The summed E-state index contributed by atoms with van der Waals surface area (Å²) < 4.78 is 18.5. The Morgan fingerprint density at radius 2 is 1.85 bits per heavy atom. The topological polar surface area (TPSA) is 62.5 Å². The number of oxazole rings is 1. The molecule has 0 spiro atoms. The molecule has 0 aliphatic carbocycles. The maximum absolute atomic E-state index is 13.0. The SMILES string of the molecule is CN=C(NCCc1coc(-c2ccc(F)cc2)n1)NCc1ccc(Cl)cc1. The number of halogens is 2. The number of hydrogen-bond donors (Lipinski definition) is 2. The molecule has 0 bridgehead atoms. The van der Waals surface area contributed by atoms with Crippen LogP contribution in [-0.4, -0.2) is 24.5 Å². The van der Waals surface area contributed by atoms with Crippen molar-refractivity contribution in [2.45, 2.75) is 13.0 Å². The van der Waals surface area contributed by atoms with Crippen molar-refractivity contribution in [3.63, 3.8) is 0 Å². The minimum absolute atomic E-state index is 0.285. The van der Waals surface area contributed by atoms with Crippen LogP contribution in [0.25, 0.3) is 11.5 Å². The van der Waals surface area contributed by atoms with Crippen molar-refractivity contribution in [2.24, 2.45) is 4.99 Å². The number of aromatic nitrogens is 1. The first-order valence-corrected chi connectivity index (χ1v) is 8.91. The summed E-state index contributed by atoms with van der Waals surface area (Å²) in [7, 11) is 1.72. The van der Waals surface area contributed by atoms with Crippen LogP contribution >= 0.6 is 11.6 Å². The number of hydrogen-bond acceptors (Lipinski definition) is 3. The van der Waals surface area contributed by atoms with Gasteiger partial charge in [-0.05, 0) is 42.0 Å². The first-order valence-electron chi connectivity index (χ1n) is 8.53. The van der Waals surface area contributed by atoms with Gasteiger partial charge in [0.05, 0.1) is 5.69 Å². The predicted molar refractivity (Wildman–Crippen MR) is 105 cm³/mol. The second-order valence-corrected chi connectivity index (χ2v) is 6.32. The zero-order chi connectivity index (χ0) is 19.1. The lowest BCUT2D eigenvalue weighted by Crippen LogP contribution is -2.37. The van der Waals surface area contributed by atoms with E-state index in [1.165, 1.54) is 12.1 Å². The van der Waals surface area contributed by atoms with E-state index >= 15 is 0 Å². The van der Waals surface area contributed by atoms with Crippen molar-refractivity contribution in [1.82, 2.24) is 15.6 Å². The Morgan fingerprint density at radius 1 is 1.11 bits per heavy atom. The summed E-state index contributed by atoms with van der Waals surface area (Å²) in [5.74, 6) is 0.898. The molecule has 0 unspecified atom stereocenters. The average molecular weight is 387 g/mol. The fourth-order valence-electron chi connectivity index (χ4n) is 2.46. The van der Waals surface area contributed by atoms with Crippen LogP contribution in [0.1, 0.15) is 11.3 Å². The Kier molecular flexibility index (Phi) is 6.44. The second-order valence-electron chi connectivity index (χ2n) is 5.88. The third kappa shape index (κ3) is 5.56. The van der Waals surface area contributed by atoms with Crippen molar-refractivity contribution in [2.75, 3.05) is 13.6 Å². The molecule has 1 heterocycles. The Labute approximate surface area is 162 Å². The van der Waals surface area contributed by atoms with Gasteiger partial charge in [0, 0.05) is 37.1 Å². The van der Waals surface area contributed by atoms with Gasteiger partial charge in [-0.3, -0.25) is 4.99 Å². The molecule has 140 valence electrons. The fraction of sp³-hybridized carbons (Fsp3) is 0.200. The van der Waals surface area contributed by atoms with E-state index in [9.17, 15) is 4.39 Å². The molecule has 0 fully saturated rings. The van der Waals surface area contributed by atoms with E-state index in [0.717, 1.165) is 16.8 Å². The van der Waals surface area contributed by atoms with Gasteiger partial charge in [-0.1, -0.05) is 23.7 Å². The maximum atomic E-state index is 13.0. The van der Waals surface area contributed by atoms with Crippen molar-refractivity contribution in [3.8, 4) is 11.5 Å². The van der Waals surface area contributed by atoms with Crippen molar-refractivity contribution >= 4 is 17.6 Å². The first kappa shape index (κ1) is 18.9. The molecule has 5 nitrogen and oxygen atoms in total. The smallest absolute Gasteiger partial charge is 0.226 e. The van der Waals surface area contributed by atoms with Crippen LogP contribution in [0.2, 0.25) is 5.02 Å². The third-order valence-electron chi connectivity index (χ3n) is 3.91. The van der Waals surface area contributed by atoms with Gasteiger partial charge in [0.25, 0.3) is 0 Å². The molecule has 0 amide bonds. The van der Waals surface area contributed by atoms with Crippen LogP contribution in [0.5, 0.6) is 0 Å². The van der Waals surface area contributed by atoms with Gasteiger partial charge in [-0.2, -0.15) is 0 Å². The first-order chi connectivity index (χ1) is 13.1. The molecule has 0 aliphatic heterocycles. The zero-order valence-corrected chi connectivity index (χ0v) is 15.6. The number of nitrogens with zero attached hydrogens (tertiary/aromatic N) is 2. The van der Waals surface area contributed by atoms with E-state index in [1.54, 1.807) is 25.4 Å². The van der Waals surface area contributed by atoms with Gasteiger partial charge in [-0.15, -0.1) is 0 Å². The van der Waals surface area contributed by atoms with Crippen LogP contribution < -0.4 is 10.6 Å². The molecule has 3 aromatic rings. The Bertz CT molecular complexity index is 891. The number of nitrogens with one attached hydrogen (secondary N) is 2. The summed E-state index contributed by atoms with van der Waals surface area (Å²) >= 11 is 5.89. The van der Waals surface area contributed by atoms with Gasteiger partial charge in [0.15, 0.2) is 5.96 Å². The Morgan fingerprint density at radius 3 is 2.56 bits per heavy atom. The molecule has 3 rings (SSSR count). The predicted octanol–water partition coefficient (Wildman–Crippen LogP) is 4.04. The van der Waals surface area contributed by atoms with Crippen LogP contribution in [0.15, 0.2) is 64.2 Å². The van der Waals surface area contributed by atoms with E-state index in [1.807, 2.05) is 24.3 Å². The van der Waals surface area contributed by atoms with Crippen LogP contribution in [0.4, 0.5) is 4.39 Å². The van der Waals surface area contributed by atoms with Crippen LogP contribution in [0.3, 0.4) is 0 Å². The highest BCUT2D eigenvalue weighted by atomic mass is 35.5. The second kappa shape index (κ2) is 9.19. The molecule has 1 aromatic heterocycles. The zero-order valence-electron chi connectivity index (χ0n) is 14.9. The molecule has 27 heavy (non-hydrogen) atoms. The largest absolute Gasteiger partial charge is 0.444 e. The van der Waals surface area contributed by atoms with E-state index in [-0.39, 0.29) is 5.82 Å². The van der Waals surface area contributed by atoms with E-state index in [0.29, 0.717) is 36.4 Å². The highest BCUT2D eigenvalue weighted by Gasteiger charge is 2.07. The lowest BCUT2D eigenvalue weighted by Gasteiger charge is -2.11. The molecular formula is C20H20ClFN4O. The molecule has 0 saturated heterocycles. The normalized spacial score (nSPS) is 11.4. The van der Waals surface area contributed by atoms with E-state index in [4.69, 9.17) is 16.0 Å². The van der Waals surface area contributed by atoms with Crippen LogP contribution in [-0.2, 0) is 13.0 Å². The molecule has 0 saturated carbocycles. The van der Waals surface area contributed by atoms with Crippen LogP contribution in [0, 0.1) is 5.82 Å². The molecule has 2 aromatic carbocycles. The highest BCUT2D eigenvalue weighted by Crippen LogP contribution is 2.19. The summed E-state index contributed by atoms with van der Waals surface area (Å²) in [5.41, 5.74) is 2.67. The summed E-state index contributed by atoms with van der Waals surface area (Å²) in [4.78, 5) is 8.63. The van der Waals surface area contributed by atoms with Gasteiger partial charge in [0.1, 0.15) is 12.1 Å². The summed E-state index contributed by atoms with van der Waals surface area (Å²) in [6.07, 6.45) is 2.29. The van der Waals surface area contributed by atoms with E-state index < -0.39 is 0 Å². The standard InChI is InChI=1S/C20H20ClFN4O/c1-23-20(25-12-14-2-6-16(21)7-3-14)24-11-10-18-13-27-19(26-18)15-4-8-17(22)9-5-15/h2-9,13H,10-12H2,1H3,(H2,23,24,25). The number of guanidine groups is 1. The number of benzene rings is 2. The summed E-state index contributed by atoms with van der Waals surface area (Å²) in [6.45, 7) is 1.30. The highest BCUT2D eigenvalue weighted by molar-refractivity contribution is 6.30. The molecule has 7 heteroatoms. The fourth-order valence-corrected chi connectivity index (χ4v) is 2.59. The lowest BCUT2D eigenvalue weighted by molar-refractivity contribution is 0.571. The quantitative estimate of drug-likeness (QED) is 0.495. The molecule has 2 N–H and O–H groups in total. The minimum atomic E-state index is -0.285. The molecular weight excluding hydrogens is 367 g/mol. The molecule has 0 atom stereocenters. The van der Waals surface area contributed by atoms with Gasteiger partial charge >= 0.3 is 0 Å². The van der Waals surface area contributed by atoms with Gasteiger partial charge < -0.3 is 15.1 Å². The Hall–Kier alpha value is -2.86. The van der Waals surface area contributed by atoms with Gasteiger partial charge in [0.2, 0.25) is 5.89 Å². The summed E-state index contributed by atoms with van der Waals surface area (Å²) in [5, 5.41) is 7.20. The lowest BCUT2D eigenvalue weighted by atomic mass is 10.2. The summed E-state index contributed by atoms with van der Waals surface area (Å²) in [6, 6.07) is 13.7.